The second-order valence-electron chi connectivity index (χ2n) is 7.53. The van der Waals surface area contributed by atoms with Crippen molar-refractivity contribution in [3.8, 4) is 0 Å². The molecule has 0 radical (unpaired) electrons. The van der Waals surface area contributed by atoms with Gasteiger partial charge >= 0.3 is 0 Å². The van der Waals surface area contributed by atoms with Crippen LogP contribution < -0.4 is 0 Å². The Hall–Kier alpha value is -2.14. The van der Waals surface area contributed by atoms with Crippen molar-refractivity contribution in [2.75, 3.05) is 20.1 Å². The number of hydrogen-bond acceptors (Lipinski definition) is 3. The number of aryl methyl sites for hydroxylation is 2. The number of rotatable bonds is 6. The highest BCUT2D eigenvalue weighted by Gasteiger charge is 2.24. The number of carbonyl (C=O) groups excluding carboxylic acids is 1. The largest absolute Gasteiger partial charge is 0.338 e. The minimum absolute atomic E-state index is 0.286. The Balaban J connectivity index is 1.52. The number of carbonyl (C=O) groups is 1. The molecule has 1 aliphatic rings. The van der Waals surface area contributed by atoms with Gasteiger partial charge in [-0.15, -0.1) is 0 Å². The first-order valence-corrected chi connectivity index (χ1v) is 9.52. The molecular weight excluding hydrogens is 324 g/mol. The Morgan fingerprint density at radius 1 is 1.19 bits per heavy atom. The van der Waals surface area contributed by atoms with E-state index in [0.29, 0.717) is 12.5 Å². The van der Waals surface area contributed by atoms with Crippen LogP contribution in [-0.2, 0) is 24.8 Å². The highest BCUT2D eigenvalue weighted by Crippen LogP contribution is 2.19. The molecule has 0 N–H and O–H groups in total. The quantitative estimate of drug-likeness (QED) is 0.801. The second-order valence-corrected chi connectivity index (χ2v) is 7.53. The van der Waals surface area contributed by atoms with Gasteiger partial charge < -0.3 is 9.80 Å². The van der Waals surface area contributed by atoms with E-state index in [9.17, 15) is 4.79 Å². The molecule has 26 heavy (non-hydrogen) atoms. The maximum absolute atomic E-state index is 12.5. The van der Waals surface area contributed by atoms with Gasteiger partial charge in [-0.1, -0.05) is 29.8 Å². The van der Waals surface area contributed by atoms with Crippen LogP contribution in [0.1, 0.15) is 36.0 Å². The molecule has 2 aromatic rings. The summed E-state index contributed by atoms with van der Waals surface area (Å²) in [6.07, 6.45) is 7.66. The van der Waals surface area contributed by atoms with E-state index in [-0.39, 0.29) is 5.91 Å². The fourth-order valence-corrected chi connectivity index (χ4v) is 3.63. The predicted molar refractivity (Wildman–Crippen MR) is 104 cm³/mol. The second kappa shape index (κ2) is 8.49. The lowest BCUT2D eigenvalue weighted by molar-refractivity contribution is -0.131. The van der Waals surface area contributed by atoms with Crippen LogP contribution >= 0.6 is 0 Å². The highest BCUT2D eigenvalue weighted by molar-refractivity contribution is 5.76. The standard InChI is InChI=1S/C21H30N4O/c1-17-4-6-18(7-5-17)16-25-13-11-20(8-9-21(25)26)23(2)12-10-19-14-22-24(3)15-19/h4-7,14-15,20H,8-13,16H2,1-3H3. The Morgan fingerprint density at radius 3 is 2.65 bits per heavy atom. The van der Waals surface area contributed by atoms with Gasteiger partial charge in [-0.3, -0.25) is 9.48 Å². The fourth-order valence-electron chi connectivity index (χ4n) is 3.63. The van der Waals surface area contributed by atoms with E-state index in [2.05, 4.69) is 54.4 Å². The van der Waals surface area contributed by atoms with E-state index in [1.807, 2.05) is 22.8 Å². The van der Waals surface area contributed by atoms with Gasteiger partial charge in [0.15, 0.2) is 0 Å². The summed E-state index contributed by atoms with van der Waals surface area (Å²) in [5, 5.41) is 4.23. The van der Waals surface area contributed by atoms with Crippen molar-refractivity contribution in [3.05, 3.63) is 53.3 Å². The van der Waals surface area contributed by atoms with Gasteiger partial charge in [0.05, 0.1) is 6.20 Å². The minimum Gasteiger partial charge on any atom is -0.338 e. The number of likely N-dealkylation sites (N-methyl/N-ethyl adjacent to an activating group) is 1. The zero-order valence-corrected chi connectivity index (χ0v) is 16.2. The van der Waals surface area contributed by atoms with E-state index >= 15 is 0 Å². The molecule has 1 aromatic carbocycles. The molecule has 2 heterocycles. The van der Waals surface area contributed by atoms with Crippen molar-refractivity contribution in [3.63, 3.8) is 0 Å². The van der Waals surface area contributed by atoms with Gasteiger partial charge in [0.25, 0.3) is 0 Å². The predicted octanol–water partition coefficient (Wildman–Crippen LogP) is 2.78. The Kier molecular flexibility index (Phi) is 6.09. The molecule has 3 rings (SSSR count). The van der Waals surface area contributed by atoms with Crippen molar-refractivity contribution in [1.29, 1.82) is 0 Å². The third kappa shape index (κ3) is 4.94. The first-order valence-electron chi connectivity index (χ1n) is 9.52. The normalized spacial score (nSPS) is 18.4. The molecule has 1 unspecified atom stereocenters. The number of amides is 1. The van der Waals surface area contributed by atoms with Gasteiger partial charge in [0.2, 0.25) is 5.91 Å². The van der Waals surface area contributed by atoms with E-state index in [0.717, 1.165) is 38.9 Å². The van der Waals surface area contributed by atoms with Gasteiger partial charge in [-0.25, -0.2) is 0 Å². The van der Waals surface area contributed by atoms with Gasteiger partial charge in [0.1, 0.15) is 0 Å². The average molecular weight is 354 g/mol. The molecule has 1 amide bonds. The summed E-state index contributed by atoms with van der Waals surface area (Å²) >= 11 is 0. The molecular formula is C21H30N4O. The Labute approximate surface area is 156 Å². The SMILES string of the molecule is Cc1ccc(CN2CCC(N(C)CCc3cnn(C)c3)CCC2=O)cc1. The van der Waals surface area contributed by atoms with Crippen molar-refractivity contribution in [1.82, 2.24) is 19.6 Å². The Bertz CT molecular complexity index is 722. The molecule has 0 spiro atoms. The third-order valence-corrected chi connectivity index (χ3v) is 5.41. The first kappa shape index (κ1) is 18.6. The van der Waals surface area contributed by atoms with Crippen molar-refractivity contribution >= 4 is 5.91 Å². The molecule has 5 nitrogen and oxygen atoms in total. The van der Waals surface area contributed by atoms with Crippen LogP contribution in [0.4, 0.5) is 0 Å². The summed E-state index contributed by atoms with van der Waals surface area (Å²) < 4.78 is 1.85. The molecule has 140 valence electrons. The molecule has 1 aromatic heterocycles. The summed E-state index contributed by atoms with van der Waals surface area (Å²) in [5.41, 5.74) is 3.74. The van der Waals surface area contributed by atoms with Crippen LogP contribution in [0, 0.1) is 6.92 Å². The number of hydrogen-bond donors (Lipinski definition) is 0. The van der Waals surface area contributed by atoms with Crippen LogP contribution in [0.2, 0.25) is 0 Å². The lowest BCUT2D eigenvalue weighted by Crippen LogP contribution is -2.34. The van der Waals surface area contributed by atoms with Crippen LogP contribution in [0.3, 0.4) is 0 Å². The first-order chi connectivity index (χ1) is 12.5. The summed E-state index contributed by atoms with van der Waals surface area (Å²) in [7, 11) is 4.13. The molecule has 1 aliphatic heterocycles. The maximum Gasteiger partial charge on any atom is 0.222 e. The van der Waals surface area contributed by atoms with Gasteiger partial charge in [-0.2, -0.15) is 5.10 Å². The molecule has 1 atom stereocenters. The van der Waals surface area contributed by atoms with E-state index in [1.54, 1.807) is 0 Å². The van der Waals surface area contributed by atoms with Crippen LogP contribution in [0.5, 0.6) is 0 Å². The van der Waals surface area contributed by atoms with Gasteiger partial charge in [0, 0.05) is 45.3 Å². The number of nitrogens with zero attached hydrogens (tertiary/aromatic N) is 4. The van der Waals surface area contributed by atoms with E-state index in [1.165, 1.54) is 16.7 Å². The topological polar surface area (TPSA) is 41.4 Å². The van der Waals surface area contributed by atoms with Crippen molar-refractivity contribution in [2.24, 2.45) is 7.05 Å². The summed E-state index contributed by atoms with van der Waals surface area (Å²) in [4.78, 5) is 17.0. The number of likely N-dealkylation sites (tertiary alicyclic amines) is 1. The Morgan fingerprint density at radius 2 is 1.96 bits per heavy atom. The third-order valence-electron chi connectivity index (χ3n) is 5.41. The van der Waals surface area contributed by atoms with Gasteiger partial charge in [-0.05, 0) is 44.4 Å². The van der Waals surface area contributed by atoms with E-state index < -0.39 is 0 Å². The molecule has 0 aliphatic carbocycles. The summed E-state index contributed by atoms with van der Waals surface area (Å²) in [6.45, 7) is 4.66. The van der Waals surface area contributed by atoms with Crippen LogP contribution in [0.15, 0.2) is 36.7 Å². The highest BCUT2D eigenvalue weighted by atomic mass is 16.2. The zero-order valence-electron chi connectivity index (χ0n) is 16.2. The summed E-state index contributed by atoms with van der Waals surface area (Å²) in [5.74, 6) is 0.286. The monoisotopic (exact) mass is 354 g/mol. The minimum atomic E-state index is 0.286. The molecule has 0 bridgehead atoms. The molecule has 0 saturated carbocycles. The maximum atomic E-state index is 12.5. The zero-order chi connectivity index (χ0) is 18.5. The molecule has 1 saturated heterocycles. The average Bonchev–Trinajstić information content (AvgIpc) is 2.96. The lowest BCUT2D eigenvalue weighted by Gasteiger charge is -2.27. The number of benzene rings is 1. The fraction of sp³-hybridized carbons (Fsp3) is 0.524. The number of aromatic nitrogens is 2. The van der Waals surface area contributed by atoms with E-state index in [4.69, 9.17) is 0 Å². The van der Waals surface area contributed by atoms with Crippen molar-refractivity contribution in [2.45, 2.75) is 45.2 Å². The lowest BCUT2D eigenvalue weighted by atomic mass is 10.1. The molecule has 1 fully saturated rings. The smallest absolute Gasteiger partial charge is 0.222 e. The van der Waals surface area contributed by atoms with Crippen LogP contribution in [0.25, 0.3) is 0 Å². The van der Waals surface area contributed by atoms with Crippen LogP contribution in [-0.4, -0.2) is 51.7 Å². The van der Waals surface area contributed by atoms with Crippen molar-refractivity contribution < 1.29 is 4.79 Å². The summed E-state index contributed by atoms with van der Waals surface area (Å²) in [6, 6.07) is 8.97. The molecule has 5 heteroatoms.